The number of aliphatic hydroxyl groups is 1. The molecular weight excluding hydrogens is 144 g/mol. The van der Waals surface area contributed by atoms with Crippen LogP contribution in [0.1, 0.15) is 20.3 Å². The minimum absolute atomic E-state index is 0.109. The fraction of sp³-hybridized carbons (Fsp3) is 0.375. The number of rotatable bonds is 3. The van der Waals surface area contributed by atoms with Crippen LogP contribution in [-0.2, 0) is 4.79 Å². The van der Waals surface area contributed by atoms with Gasteiger partial charge in [-0.1, -0.05) is 6.92 Å². The Bertz CT molecular complexity index is 197. The molecule has 0 aliphatic rings. The van der Waals surface area contributed by atoms with E-state index in [2.05, 4.69) is 0 Å². The van der Waals surface area contributed by atoms with Crippen LogP contribution in [0.5, 0.6) is 0 Å². The molecule has 0 fully saturated rings. The van der Waals surface area contributed by atoms with Crippen molar-refractivity contribution in [2.45, 2.75) is 20.3 Å². The zero-order valence-electron chi connectivity index (χ0n) is 6.66. The lowest BCUT2D eigenvalue weighted by atomic mass is 10.2. The predicted molar refractivity (Wildman–Crippen MR) is 42.4 cm³/mol. The Morgan fingerprint density at radius 1 is 1.36 bits per heavy atom. The normalized spacial score (nSPS) is 13.3. The first kappa shape index (κ1) is 9.75. The summed E-state index contributed by atoms with van der Waals surface area (Å²) in [5.41, 5.74) is 0.290. The molecule has 0 bridgehead atoms. The van der Waals surface area contributed by atoms with Crippen LogP contribution in [0.25, 0.3) is 0 Å². The van der Waals surface area contributed by atoms with Gasteiger partial charge in [0, 0.05) is 5.57 Å². The molecule has 0 aromatic carbocycles. The molecule has 0 heterocycles. The largest absolute Gasteiger partial charge is 0.513 e. The monoisotopic (exact) mass is 156 g/mol. The van der Waals surface area contributed by atoms with Gasteiger partial charge >= 0.3 is 5.97 Å². The number of hydrogen-bond acceptors (Lipinski definition) is 2. The molecule has 0 unspecified atom stereocenters. The first-order chi connectivity index (χ1) is 5.07. The van der Waals surface area contributed by atoms with Gasteiger partial charge in [0.2, 0.25) is 0 Å². The third-order valence-electron chi connectivity index (χ3n) is 1.18. The van der Waals surface area contributed by atoms with Gasteiger partial charge in [0.25, 0.3) is 0 Å². The smallest absolute Gasteiger partial charge is 0.331 e. The van der Waals surface area contributed by atoms with Crippen LogP contribution in [0.2, 0.25) is 0 Å². The average Bonchev–Trinajstić information content (AvgIpc) is 1.87. The predicted octanol–water partition coefficient (Wildman–Crippen LogP) is 1.87. The summed E-state index contributed by atoms with van der Waals surface area (Å²) in [4.78, 5) is 10.4. The second-order valence-electron chi connectivity index (χ2n) is 2.16. The Hall–Kier alpha value is -1.25. The standard InChI is InChI=1S/C8H12O3/c1-3-7(8(10)11)5-4-6(2)9/h4-5,9H,3H2,1-2H3,(H,10,11)/b6-4+,7-5+. The van der Waals surface area contributed by atoms with Gasteiger partial charge in [-0.05, 0) is 25.5 Å². The maximum atomic E-state index is 10.4. The van der Waals surface area contributed by atoms with Crippen molar-refractivity contribution in [1.29, 1.82) is 0 Å². The van der Waals surface area contributed by atoms with Crippen molar-refractivity contribution < 1.29 is 15.0 Å². The summed E-state index contributed by atoms with van der Waals surface area (Å²) in [7, 11) is 0. The number of carboxylic acids is 1. The molecule has 0 aromatic rings. The van der Waals surface area contributed by atoms with Crippen LogP contribution >= 0.6 is 0 Å². The molecule has 0 spiro atoms. The van der Waals surface area contributed by atoms with Crippen molar-refractivity contribution in [2.24, 2.45) is 0 Å². The maximum absolute atomic E-state index is 10.4. The fourth-order valence-corrected chi connectivity index (χ4v) is 0.562. The molecule has 11 heavy (non-hydrogen) atoms. The number of allylic oxidation sites excluding steroid dienone is 3. The molecule has 2 N–H and O–H groups in total. The van der Waals surface area contributed by atoms with Gasteiger partial charge in [0.15, 0.2) is 0 Å². The van der Waals surface area contributed by atoms with Gasteiger partial charge in [-0.25, -0.2) is 4.79 Å². The highest BCUT2D eigenvalue weighted by Crippen LogP contribution is 2.01. The van der Waals surface area contributed by atoms with E-state index in [0.717, 1.165) is 0 Å². The molecule has 0 aliphatic heterocycles. The van der Waals surface area contributed by atoms with Crippen molar-refractivity contribution in [2.75, 3.05) is 0 Å². The molecule has 0 amide bonds. The molecule has 0 aromatic heterocycles. The Morgan fingerprint density at radius 2 is 1.91 bits per heavy atom. The minimum atomic E-state index is -0.940. The zero-order valence-corrected chi connectivity index (χ0v) is 6.66. The summed E-state index contributed by atoms with van der Waals surface area (Å²) in [6, 6.07) is 0. The van der Waals surface area contributed by atoms with E-state index in [0.29, 0.717) is 12.0 Å². The van der Waals surface area contributed by atoms with Crippen molar-refractivity contribution in [3.05, 3.63) is 23.5 Å². The highest BCUT2D eigenvalue weighted by atomic mass is 16.4. The molecular formula is C8H12O3. The van der Waals surface area contributed by atoms with E-state index in [4.69, 9.17) is 10.2 Å². The lowest BCUT2D eigenvalue weighted by Crippen LogP contribution is -1.98. The molecule has 0 rings (SSSR count). The third kappa shape index (κ3) is 4.19. The van der Waals surface area contributed by atoms with E-state index in [1.54, 1.807) is 6.92 Å². The molecule has 3 heteroatoms. The topological polar surface area (TPSA) is 57.5 Å². The van der Waals surface area contributed by atoms with Crippen molar-refractivity contribution in [3.63, 3.8) is 0 Å². The van der Waals surface area contributed by atoms with E-state index < -0.39 is 5.97 Å². The number of hydrogen-bond donors (Lipinski definition) is 2. The van der Waals surface area contributed by atoms with Gasteiger partial charge in [-0.15, -0.1) is 0 Å². The van der Waals surface area contributed by atoms with Crippen molar-refractivity contribution in [3.8, 4) is 0 Å². The average molecular weight is 156 g/mol. The quantitative estimate of drug-likeness (QED) is 0.372. The van der Waals surface area contributed by atoms with Crippen LogP contribution in [0, 0.1) is 0 Å². The van der Waals surface area contributed by atoms with E-state index >= 15 is 0 Å². The second-order valence-corrected chi connectivity index (χ2v) is 2.16. The summed E-state index contributed by atoms with van der Waals surface area (Å²) in [5, 5.41) is 17.2. The van der Waals surface area contributed by atoms with Gasteiger partial charge in [0.1, 0.15) is 0 Å². The van der Waals surface area contributed by atoms with Crippen LogP contribution in [-0.4, -0.2) is 16.2 Å². The van der Waals surface area contributed by atoms with Gasteiger partial charge in [0.05, 0.1) is 5.76 Å². The van der Waals surface area contributed by atoms with E-state index in [9.17, 15) is 4.79 Å². The van der Waals surface area contributed by atoms with E-state index in [1.807, 2.05) is 0 Å². The zero-order chi connectivity index (χ0) is 8.85. The SMILES string of the molecule is CC/C(=C\C=C(/C)O)C(=O)O. The summed E-state index contributed by atoms with van der Waals surface area (Å²) < 4.78 is 0. The number of carbonyl (C=O) groups is 1. The highest BCUT2D eigenvalue weighted by molar-refractivity contribution is 5.86. The molecule has 0 radical (unpaired) electrons. The summed E-state index contributed by atoms with van der Waals surface area (Å²) in [6.45, 7) is 3.24. The van der Waals surface area contributed by atoms with Crippen LogP contribution in [0.4, 0.5) is 0 Å². The van der Waals surface area contributed by atoms with Gasteiger partial charge in [-0.3, -0.25) is 0 Å². The molecule has 0 atom stereocenters. The van der Waals surface area contributed by atoms with Gasteiger partial charge < -0.3 is 10.2 Å². The highest BCUT2D eigenvalue weighted by Gasteiger charge is 2.01. The first-order valence-corrected chi connectivity index (χ1v) is 3.37. The number of aliphatic carboxylic acids is 1. The summed E-state index contributed by atoms with van der Waals surface area (Å²) in [5.74, 6) is -0.831. The molecule has 0 saturated heterocycles. The lowest BCUT2D eigenvalue weighted by Gasteiger charge is -1.93. The number of aliphatic hydroxyl groups excluding tert-OH is 1. The molecule has 0 aliphatic carbocycles. The van der Waals surface area contributed by atoms with E-state index in [1.165, 1.54) is 19.1 Å². The van der Waals surface area contributed by atoms with Crippen LogP contribution < -0.4 is 0 Å². The Kier molecular flexibility index (Phi) is 4.03. The van der Waals surface area contributed by atoms with Crippen molar-refractivity contribution >= 4 is 5.97 Å². The summed E-state index contributed by atoms with van der Waals surface area (Å²) in [6.07, 6.45) is 3.23. The molecule has 0 saturated carbocycles. The van der Waals surface area contributed by atoms with Crippen LogP contribution in [0.15, 0.2) is 23.5 Å². The maximum Gasteiger partial charge on any atom is 0.331 e. The second kappa shape index (κ2) is 4.55. The fourth-order valence-electron chi connectivity index (χ4n) is 0.562. The summed E-state index contributed by atoms with van der Waals surface area (Å²) >= 11 is 0. The molecule has 62 valence electrons. The van der Waals surface area contributed by atoms with Crippen LogP contribution in [0.3, 0.4) is 0 Å². The number of carboxylic acid groups (broad SMARTS) is 1. The lowest BCUT2D eigenvalue weighted by molar-refractivity contribution is -0.132. The Labute approximate surface area is 65.7 Å². The Balaban J connectivity index is 4.37. The third-order valence-corrected chi connectivity index (χ3v) is 1.18. The van der Waals surface area contributed by atoms with E-state index in [-0.39, 0.29) is 5.76 Å². The minimum Gasteiger partial charge on any atom is -0.513 e. The van der Waals surface area contributed by atoms with Crippen molar-refractivity contribution in [1.82, 2.24) is 0 Å². The first-order valence-electron chi connectivity index (χ1n) is 3.37. The van der Waals surface area contributed by atoms with Gasteiger partial charge in [-0.2, -0.15) is 0 Å². The molecule has 3 nitrogen and oxygen atoms in total. The Morgan fingerprint density at radius 3 is 2.18 bits per heavy atom.